The van der Waals surface area contributed by atoms with Gasteiger partial charge in [-0.25, -0.2) is 4.98 Å². The van der Waals surface area contributed by atoms with Crippen LogP contribution in [0.2, 0.25) is 0 Å². The van der Waals surface area contributed by atoms with Gasteiger partial charge in [0.1, 0.15) is 5.82 Å². The molecule has 2 rings (SSSR count). The molecule has 1 aliphatic heterocycles. The highest BCUT2D eigenvalue weighted by Crippen LogP contribution is 2.13. The predicted octanol–water partition coefficient (Wildman–Crippen LogP) is 1.52. The Morgan fingerprint density at radius 1 is 1.29 bits per heavy atom. The number of likely N-dealkylation sites (tertiary alicyclic amines) is 1. The maximum Gasteiger partial charge on any atom is 0.250 e. The van der Waals surface area contributed by atoms with Crippen molar-refractivity contribution >= 4 is 23.4 Å². The predicted molar refractivity (Wildman–Crippen MR) is 86.6 cm³/mol. The molecule has 7 heteroatoms. The van der Waals surface area contributed by atoms with Gasteiger partial charge < -0.3 is 10.2 Å². The van der Waals surface area contributed by atoms with E-state index in [1.54, 1.807) is 24.3 Å². The smallest absolute Gasteiger partial charge is 0.250 e. The summed E-state index contributed by atoms with van der Waals surface area (Å²) in [4.78, 5) is 41.9. The number of hydrogen-bond donors (Lipinski definition) is 1. The number of carbonyl (C=O) groups excluding carboxylic acids is 3. The zero-order valence-electron chi connectivity index (χ0n) is 13.4. The van der Waals surface area contributed by atoms with E-state index in [2.05, 4.69) is 10.3 Å². The second-order valence-electron chi connectivity index (χ2n) is 5.71. The van der Waals surface area contributed by atoms with Crippen LogP contribution in [0.1, 0.15) is 32.1 Å². The van der Waals surface area contributed by atoms with Crippen molar-refractivity contribution in [2.75, 3.05) is 18.4 Å². The van der Waals surface area contributed by atoms with E-state index in [0.717, 1.165) is 25.7 Å². The van der Waals surface area contributed by atoms with E-state index in [-0.39, 0.29) is 18.3 Å². The summed E-state index contributed by atoms with van der Waals surface area (Å²) in [6.45, 7) is 0.289. The topological polar surface area (TPSA) is 103 Å². The Morgan fingerprint density at radius 3 is 2.79 bits per heavy atom. The molecular weight excluding hydrogens is 308 g/mol. The number of carbonyl (C=O) groups is 3. The third-order valence-electron chi connectivity index (χ3n) is 3.90. The number of ketones is 1. The van der Waals surface area contributed by atoms with Crippen molar-refractivity contribution in [2.45, 2.75) is 32.1 Å². The Labute approximate surface area is 140 Å². The van der Waals surface area contributed by atoms with Crippen LogP contribution in [-0.2, 0) is 14.4 Å². The molecule has 0 unspecified atom stereocenters. The van der Waals surface area contributed by atoms with Gasteiger partial charge in [-0.1, -0.05) is 18.9 Å². The van der Waals surface area contributed by atoms with Crippen LogP contribution in [0.3, 0.4) is 0 Å². The van der Waals surface area contributed by atoms with Crippen LogP contribution >= 0.6 is 0 Å². The molecule has 1 aliphatic rings. The van der Waals surface area contributed by atoms with Gasteiger partial charge in [0.15, 0.2) is 11.7 Å². The molecule has 0 spiro atoms. The summed E-state index contributed by atoms with van der Waals surface area (Å²) in [5.41, 5.74) is 0. The van der Waals surface area contributed by atoms with E-state index >= 15 is 0 Å². The molecule has 0 bridgehead atoms. The van der Waals surface area contributed by atoms with Gasteiger partial charge in [-0.15, -0.1) is 0 Å². The van der Waals surface area contributed by atoms with Gasteiger partial charge in [-0.05, 0) is 25.0 Å². The molecule has 0 aliphatic carbocycles. The molecule has 1 aromatic heterocycles. The Kier molecular flexibility index (Phi) is 6.43. The van der Waals surface area contributed by atoms with Gasteiger partial charge in [0.05, 0.1) is 12.6 Å². The summed E-state index contributed by atoms with van der Waals surface area (Å²) in [5.74, 6) is -2.56. The lowest BCUT2D eigenvalue weighted by Crippen LogP contribution is -2.41. The minimum Gasteiger partial charge on any atom is -0.335 e. The molecule has 0 saturated carbocycles. The van der Waals surface area contributed by atoms with Crippen LogP contribution in [0, 0.1) is 17.2 Å². The van der Waals surface area contributed by atoms with Crippen molar-refractivity contribution in [2.24, 2.45) is 5.92 Å². The number of nitrogens with zero attached hydrogens (tertiary/aromatic N) is 3. The van der Waals surface area contributed by atoms with Crippen LogP contribution in [0.15, 0.2) is 24.4 Å². The second-order valence-corrected chi connectivity index (χ2v) is 5.71. The first-order chi connectivity index (χ1) is 11.6. The van der Waals surface area contributed by atoms with E-state index in [1.807, 2.05) is 0 Å². The van der Waals surface area contributed by atoms with Crippen LogP contribution in [0.5, 0.6) is 0 Å². The monoisotopic (exact) mass is 328 g/mol. The highest BCUT2D eigenvalue weighted by Gasteiger charge is 2.29. The average molecular weight is 328 g/mol. The fraction of sp³-hybridized carbons (Fsp3) is 0.471. The molecule has 1 fully saturated rings. The van der Waals surface area contributed by atoms with E-state index < -0.39 is 17.6 Å². The molecule has 1 saturated heterocycles. The van der Waals surface area contributed by atoms with Gasteiger partial charge in [0.25, 0.3) is 5.91 Å². The Bertz CT molecular complexity index is 639. The van der Waals surface area contributed by atoms with Crippen molar-refractivity contribution in [3.05, 3.63) is 24.4 Å². The van der Waals surface area contributed by atoms with Gasteiger partial charge >= 0.3 is 0 Å². The number of pyridine rings is 1. The number of amides is 2. The fourth-order valence-electron chi connectivity index (χ4n) is 2.57. The molecule has 24 heavy (non-hydrogen) atoms. The summed E-state index contributed by atoms with van der Waals surface area (Å²) < 4.78 is 0. The largest absolute Gasteiger partial charge is 0.335 e. The molecule has 1 atom stereocenters. The number of Topliss-reactive ketones (excluding diaryl/α,β-unsaturated/α-hetero) is 1. The number of rotatable bonds is 5. The molecular formula is C17H20N4O3. The van der Waals surface area contributed by atoms with Crippen molar-refractivity contribution < 1.29 is 14.4 Å². The van der Waals surface area contributed by atoms with Crippen molar-refractivity contribution in [1.82, 2.24) is 9.88 Å². The number of nitrogens with one attached hydrogen (secondary N) is 1. The molecule has 2 amide bonds. The minimum atomic E-state index is -1.45. The van der Waals surface area contributed by atoms with Crippen molar-refractivity contribution in [3.63, 3.8) is 0 Å². The van der Waals surface area contributed by atoms with Crippen LogP contribution < -0.4 is 5.32 Å². The van der Waals surface area contributed by atoms with Crippen molar-refractivity contribution in [3.8, 4) is 6.07 Å². The summed E-state index contributed by atoms with van der Waals surface area (Å²) in [6.07, 6.45) is 5.57. The molecule has 1 N–H and O–H groups in total. The SMILES string of the molecule is N#C[C@H](C(=O)CN1CCCCCCC1=O)C(=O)Nc1ccccn1. The van der Waals surface area contributed by atoms with Gasteiger partial charge in [-0.2, -0.15) is 5.26 Å². The molecule has 2 heterocycles. The number of hydrogen-bond acceptors (Lipinski definition) is 5. The first-order valence-corrected chi connectivity index (χ1v) is 8.04. The van der Waals surface area contributed by atoms with Gasteiger partial charge in [0, 0.05) is 19.2 Å². The molecule has 0 radical (unpaired) electrons. The Morgan fingerprint density at radius 2 is 2.08 bits per heavy atom. The van der Waals surface area contributed by atoms with Crippen LogP contribution in [-0.4, -0.2) is 40.6 Å². The zero-order valence-corrected chi connectivity index (χ0v) is 13.4. The Balaban J connectivity index is 1.98. The van der Waals surface area contributed by atoms with Gasteiger partial charge in [0.2, 0.25) is 5.91 Å². The quantitative estimate of drug-likeness (QED) is 0.825. The fourth-order valence-corrected chi connectivity index (χ4v) is 2.57. The normalized spacial score (nSPS) is 16.5. The number of anilines is 1. The molecule has 126 valence electrons. The molecule has 0 aromatic carbocycles. The summed E-state index contributed by atoms with van der Waals surface area (Å²) >= 11 is 0. The average Bonchev–Trinajstić information content (AvgIpc) is 2.56. The van der Waals surface area contributed by atoms with E-state index in [9.17, 15) is 19.6 Å². The van der Waals surface area contributed by atoms with E-state index in [0.29, 0.717) is 13.0 Å². The Hall–Kier alpha value is -2.75. The number of aromatic nitrogens is 1. The maximum absolute atomic E-state index is 12.3. The third-order valence-corrected chi connectivity index (χ3v) is 3.90. The summed E-state index contributed by atoms with van der Waals surface area (Å²) in [7, 11) is 0. The zero-order chi connectivity index (χ0) is 17.4. The summed E-state index contributed by atoms with van der Waals surface area (Å²) in [6, 6.07) is 6.67. The molecule has 1 aromatic rings. The third kappa shape index (κ3) is 4.88. The van der Waals surface area contributed by atoms with Crippen LogP contribution in [0.4, 0.5) is 5.82 Å². The standard InChI is InChI=1S/C17H20N4O3/c18-11-13(17(24)20-15-7-4-5-9-19-15)14(22)12-21-10-6-2-1-3-8-16(21)23/h4-5,7,9,13H,1-3,6,8,10,12H2,(H,19,20,24)/t13-/m1/s1. The first-order valence-electron chi connectivity index (χ1n) is 8.04. The highest BCUT2D eigenvalue weighted by molar-refractivity contribution is 6.10. The first kappa shape index (κ1) is 17.6. The molecule has 7 nitrogen and oxygen atoms in total. The minimum absolute atomic E-state index is 0.0927. The van der Waals surface area contributed by atoms with Crippen molar-refractivity contribution in [1.29, 1.82) is 5.26 Å². The number of nitriles is 1. The maximum atomic E-state index is 12.3. The van der Waals surface area contributed by atoms with E-state index in [4.69, 9.17) is 0 Å². The highest BCUT2D eigenvalue weighted by atomic mass is 16.2. The van der Waals surface area contributed by atoms with E-state index in [1.165, 1.54) is 11.1 Å². The van der Waals surface area contributed by atoms with Gasteiger partial charge in [-0.3, -0.25) is 14.4 Å². The second kappa shape index (κ2) is 8.77. The lowest BCUT2D eigenvalue weighted by atomic mass is 10.0. The summed E-state index contributed by atoms with van der Waals surface area (Å²) in [5, 5.41) is 11.6. The van der Waals surface area contributed by atoms with Crippen LogP contribution in [0.25, 0.3) is 0 Å². The lowest BCUT2D eigenvalue weighted by Gasteiger charge is -2.24. The lowest BCUT2D eigenvalue weighted by molar-refractivity contribution is -0.138.